The monoisotopic (exact) mass is 1100 g/mol. The van der Waals surface area contributed by atoms with Crippen molar-refractivity contribution in [3.8, 4) is 0 Å². The number of aliphatic hydroxyl groups is 5. The molecule has 1 aliphatic heterocycles. The molecule has 7 atom stereocenters. The first-order chi connectivity index (χ1) is 38.3. The molecular weight excluding hydrogens is 971 g/mol. The summed E-state index contributed by atoms with van der Waals surface area (Å²) < 4.78 is 11.3. The lowest BCUT2D eigenvalue weighted by atomic mass is 9.99. The molecule has 1 fully saturated rings. The quantitative estimate of drug-likeness (QED) is 0.0261. The molecule has 0 bridgehead atoms. The van der Waals surface area contributed by atoms with Gasteiger partial charge in [-0.05, 0) is 64.2 Å². The molecule has 1 saturated heterocycles. The molecule has 0 aromatic rings. The van der Waals surface area contributed by atoms with Gasteiger partial charge in [0.25, 0.3) is 0 Å². The van der Waals surface area contributed by atoms with Gasteiger partial charge in [-0.15, -0.1) is 0 Å². The van der Waals surface area contributed by atoms with E-state index in [0.29, 0.717) is 6.42 Å². The lowest BCUT2D eigenvalue weighted by molar-refractivity contribution is -0.302. The summed E-state index contributed by atoms with van der Waals surface area (Å²) in [5, 5.41) is 54.6. The normalized spacial score (nSPS) is 18.9. The number of nitrogens with one attached hydrogen (secondary N) is 1. The van der Waals surface area contributed by atoms with E-state index in [2.05, 4.69) is 55.6 Å². The number of carbonyl (C=O) groups excluding carboxylic acids is 1. The van der Waals surface area contributed by atoms with E-state index in [0.717, 1.165) is 44.9 Å². The van der Waals surface area contributed by atoms with Gasteiger partial charge in [0.15, 0.2) is 6.29 Å². The van der Waals surface area contributed by atoms with E-state index in [1.54, 1.807) is 6.08 Å². The van der Waals surface area contributed by atoms with Crippen molar-refractivity contribution in [3.05, 3.63) is 48.6 Å². The molecule has 1 aliphatic rings. The smallest absolute Gasteiger partial charge is 0.220 e. The van der Waals surface area contributed by atoms with E-state index < -0.39 is 49.5 Å². The molecule has 6 N–H and O–H groups in total. The van der Waals surface area contributed by atoms with Crippen molar-refractivity contribution in [1.82, 2.24) is 5.32 Å². The van der Waals surface area contributed by atoms with Crippen LogP contribution in [-0.4, -0.2) is 87.5 Å². The molecule has 78 heavy (non-hydrogen) atoms. The van der Waals surface area contributed by atoms with Crippen LogP contribution in [0.15, 0.2) is 48.6 Å². The van der Waals surface area contributed by atoms with E-state index in [1.807, 2.05) is 6.08 Å². The summed E-state index contributed by atoms with van der Waals surface area (Å²) in [5.74, 6) is -0.183. The molecule has 0 spiro atoms. The summed E-state index contributed by atoms with van der Waals surface area (Å²) in [5.41, 5.74) is 0. The number of hydrogen-bond donors (Lipinski definition) is 6. The van der Waals surface area contributed by atoms with Gasteiger partial charge >= 0.3 is 0 Å². The maximum Gasteiger partial charge on any atom is 0.220 e. The van der Waals surface area contributed by atoms with E-state index in [4.69, 9.17) is 9.47 Å². The third kappa shape index (κ3) is 46.7. The maximum atomic E-state index is 13.1. The van der Waals surface area contributed by atoms with E-state index in [1.165, 1.54) is 263 Å². The maximum absolute atomic E-state index is 13.1. The van der Waals surface area contributed by atoms with Crippen molar-refractivity contribution in [3.63, 3.8) is 0 Å². The van der Waals surface area contributed by atoms with Crippen LogP contribution in [0.5, 0.6) is 0 Å². The van der Waals surface area contributed by atoms with Crippen LogP contribution in [-0.2, 0) is 14.3 Å². The first-order valence-corrected chi connectivity index (χ1v) is 33.9. The number of unbranched alkanes of at least 4 members (excludes halogenated alkanes) is 43. The van der Waals surface area contributed by atoms with E-state index >= 15 is 0 Å². The standard InChI is InChI=1S/C69H129NO8/c1-3-5-7-9-11-13-15-17-19-21-23-24-25-26-27-28-29-30-31-32-33-34-35-36-37-38-39-40-41-43-45-47-49-51-53-55-57-59-65(73)70-62(61-77-69-68(76)67(75)66(74)64(60-71)78-69)63(72)58-56-54-52-50-48-46-44-42-22-20-18-16-14-12-10-8-6-4-2/h27-28,30-31,48,50,56,58,62-64,66-69,71-72,74-76H,3-26,29,32-47,49,51-55,57,59-61H2,1-2H3,(H,70,73)/b28-27-,31-30-,50-48+,58-56+. The molecule has 9 nitrogen and oxygen atoms in total. The largest absolute Gasteiger partial charge is 0.394 e. The second-order valence-electron chi connectivity index (χ2n) is 23.6. The Kier molecular flexibility index (Phi) is 55.5. The third-order valence-corrected chi connectivity index (χ3v) is 16.1. The Hall–Kier alpha value is -1.85. The number of carbonyl (C=O) groups is 1. The fraction of sp³-hybridized carbons (Fsp3) is 0.870. The highest BCUT2D eigenvalue weighted by Gasteiger charge is 2.44. The van der Waals surface area contributed by atoms with Crippen LogP contribution < -0.4 is 5.32 Å². The van der Waals surface area contributed by atoms with Gasteiger partial charge in [0.1, 0.15) is 24.4 Å². The molecular formula is C69H129NO8. The number of aliphatic hydroxyl groups excluding tert-OH is 5. The van der Waals surface area contributed by atoms with Crippen LogP contribution in [0, 0.1) is 0 Å². The minimum absolute atomic E-state index is 0.183. The third-order valence-electron chi connectivity index (χ3n) is 16.1. The predicted molar refractivity (Wildman–Crippen MR) is 332 cm³/mol. The summed E-state index contributed by atoms with van der Waals surface area (Å²) in [6.07, 6.45) is 72.2. The van der Waals surface area contributed by atoms with E-state index in [9.17, 15) is 30.3 Å². The average Bonchev–Trinajstić information content (AvgIpc) is 3.45. The van der Waals surface area contributed by atoms with Crippen LogP contribution in [0.4, 0.5) is 0 Å². The Labute approximate surface area is 482 Å². The summed E-state index contributed by atoms with van der Waals surface area (Å²) in [6, 6.07) is -0.822. The zero-order chi connectivity index (χ0) is 56.5. The Morgan fingerprint density at radius 1 is 0.436 bits per heavy atom. The van der Waals surface area contributed by atoms with Crippen molar-refractivity contribution in [2.45, 2.75) is 371 Å². The summed E-state index contributed by atoms with van der Waals surface area (Å²) >= 11 is 0. The Bertz CT molecular complexity index is 1370. The predicted octanol–water partition coefficient (Wildman–Crippen LogP) is 18.0. The number of amides is 1. The van der Waals surface area contributed by atoms with Crippen LogP contribution in [0.2, 0.25) is 0 Å². The van der Waals surface area contributed by atoms with Crippen LogP contribution in [0.25, 0.3) is 0 Å². The summed E-state index contributed by atoms with van der Waals surface area (Å²) in [4.78, 5) is 13.1. The minimum Gasteiger partial charge on any atom is -0.394 e. The molecule has 0 saturated carbocycles. The van der Waals surface area contributed by atoms with Crippen molar-refractivity contribution < 1.29 is 39.8 Å². The van der Waals surface area contributed by atoms with Crippen LogP contribution in [0.1, 0.15) is 328 Å². The number of rotatable bonds is 59. The van der Waals surface area contributed by atoms with E-state index in [-0.39, 0.29) is 12.5 Å². The zero-order valence-electron chi connectivity index (χ0n) is 51.2. The molecule has 0 radical (unpaired) electrons. The first kappa shape index (κ1) is 74.2. The van der Waals surface area contributed by atoms with Crippen LogP contribution in [0.3, 0.4) is 0 Å². The van der Waals surface area contributed by atoms with Gasteiger partial charge < -0.3 is 40.3 Å². The first-order valence-electron chi connectivity index (χ1n) is 33.9. The molecule has 7 unspecified atom stereocenters. The molecule has 1 amide bonds. The lowest BCUT2D eigenvalue weighted by Crippen LogP contribution is -2.60. The van der Waals surface area contributed by atoms with Gasteiger partial charge in [-0.3, -0.25) is 4.79 Å². The SMILES string of the molecule is CCCCCCCCCCCCCC/C=C/CC/C=C/C(O)C(COC1OC(CO)C(O)C(O)C1O)NC(=O)CCCCCCCCCCCCCCCCCCC/C=C\C/C=C\CCCCCCCCCCCCCCC. The van der Waals surface area contributed by atoms with Crippen molar-refractivity contribution in [2.75, 3.05) is 13.2 Å². The van der Waals surface area contributed by atoms with Gasteiger partial charge in [-0.2, -0.15) is 0 Å². The summed E-state index contributed by atoms with van der Waals surface area (Å²) in [6.45, 7) is 3.80. The molecule has 0 aromatic carbocycles. The van der Waals surface area contributed by atoms with Gasteiger partial charge in [0, 0.05) is 6.42 Å². The lowest BCUT2D eigenvalue weighted by Gasteiger charge is -2.40. The van der Waals surface area contributed by atoms with Gasteiger partial charge in [0.05, 0.1) is 25.4 Å². The molecule has 1 rings (SSSR count). The number of ether oxygens (including phenoxy) is 2. The highest BCUT2D eigenvalue weighted by molar-refractivity contribution is 5.76. The second kappa shape index (κ2) is 58.4. The molecule has 458 valence electrons. The van der Waals surface area contributed by atoms with Crippen LogP contribution >= 0.6 is 0 Å². The molecule has 1 heterocycles. The van der Waals surface area contributed by atoms with Gasteiger partial charge in [0.2, 0.25) is 5.91 Å². The minimum atomic E-state index is -1.57. The average molecular weight is 1100 g/mol. The topological polar surface area (TPSA) is 149 Å². The van der Waals surface area contributed by atoms with Crippen molar-refractivity contribution in [1.29, 1.82) is 0 Å². The highest BCUT2D eigenvalue weighted by Crippen LogP contribution is 2.23. The Balaban J connectivity index is 2.10. The highest BCUT2D eigenvalue weighted by atomic mass is 16.7. The summed E-state index contributed by atoms with van der Waals surface area (Å²) in [7, 11) is 0. The fourth-order valence-corrected chi connectivity index (χ4v) is 10.8. The second-order valence-corrected chi connectivity index (χ2v) is 23.6. The molecule has 9 heteroatoms. The van der Waals surface area contributed by atoms with Crippen molar-refractivity contribution >= 4 is 5.91 Å². The Morgan fingerprint density at radius 2 is 0.769 bits per heavy atom. The number of allylic oxidation sites excluding steroid dienone is 7. The Morgan fingerprint density at radius 3 is 1.15 bits per heavy atom. The fourth-order valence-electron chi connectivity index (χ4n) is 10.8. The number of hydrogen-bond acceptors (Lipinski definition) is 8. The van der Waals surface area contributed by atoms with Gasteiger partial charge in [-0.25, -0.2) is 0 Å². The molecule has 0 aromatic heterocycles. The van der Waals surface area contributed by atoms with Crippen molar-refractivity contribution in [2.24, 2.45) is 0 Å². The van der Waals surface area contributed by atoms with Gasteiger partial charge in [-0.1, -0.05) is 306 Å². The zero-order valence-corrected chi connectivity index (χ0v) is 51.2. The molecule has 0 aliphatic carbocycles.